The Morgan fingerprint density at radius 2 is 2.00 bits per heavy atom. The molecule has 30 heavy (non-hydrogen) atoms. The van der Waals surface area contributed by atoms with Crippen LogP contribution in [0.3, 0.4) is 0 Å². The molecule has 0 saturated carbocycles. The number of hydrogen-bond donors (Lipinski definition) is 2. The number of nitrogens with zero attached hydrogens (tertiary/aromatic N) is 3. The van der Waals surface area contributed by atoms with Crippen molar-refractivity contribution in [1.29, 1.82) is 0 Å². The van der Waals surface area contributed by atoms with E-state index in [2.05, 4.69) is 25.4 Å². The molecule has 0 aliphatic heterocycles. The molecule has 4 rings (SSSR count). The number of imidazole rings is 1. The van der Waals surface area contributed by atoms with Crippen molar-refractivity contribution in [3.63, 3.8) is 0 Å². The van der Waals surface area contributed by atoms with Crippen molar-refractivity contribution < 1.29 is 18.1 Å². The highest BCUT2D eigenvalue weighted by Gasteiger charge is 2.14. The number of nitrogens with one attached hydrogen (secondary N) is 2. The maximum Gasteiger partial charge on any atom is 0.227 e. The Morgan fingerprint density at radius 3 is 2.80 bits per heavy atom. The zero-order chi connectivity index (χ0) is 21.1. The van der Waals surface area contributed by atoms with Gasteiger partial charge < -0.3 is 14.8 Å². The van der Waals surface area contributed by atoms with Crippen LogP contribution in [0.1, 0.15) is 18.1 Å². The minimum Gasteiger partial charge on any atom is -0.339 e. The van der Waals surface area contributed by atoms with E-state index in [1.165, 1.54) is 17.8 Å². The van der Waals surface area contributed by atoms with Gasteiger partial charge in [-0.2, -0.15) is 4.98 Å². The third kappa shape index (κ3) is 4.77. The number of hydrogen-bond acceptors (Lipinski definition) is 6. The van der Waals surface area contributed by atoms with Crippen LogP contribution in [0.5, 0.6) is 0 Å². The van der Waals surface area contributed by atoms with Gasteiger partial charge in [0.2, 0.25) is 11.8 Å². The van der Waals surface area contributed by atoms with Gasteiger partial charge in [-0.1, -0.05) is 34.6 Å². The van der Waals surface area contributed by atoms with Crippen molar-refractivity contribution in [2.24, 2.45) is 0 Å². The first-order valence-electron chi connectivity index (χ1n) is 8.81. The predicted molar refractivity (Wildman–Crippen MR) is 108 cm³/mol. The summed E-state index contributed by atoms with van der Waals surface area (Å²) in [6, 6.07) is 8.73. The summed E-state index contributed by atoms with van der Waals surface area (Å²) in [7, 11) is 0. The molecule has 154 valence electrons. The smallest absolute Gasteiger partial charge is 0.227 e. The average Bonchev–Trinajstić information content (AvgIpc) is 3.33. The first-order chi connectivity index (χ1) is 14.5. The SMILES string of the molecule is O=C(CCc1nc(CSc2nc3ccc(Cl)cc3[nH]2)no1)Nc1c(F)cccc1F. The second-order valence-electron chi connectivity index (χ2n) is 6.24. The number of aromatic nitrogens is 4. The summed E-state index contributed by atoms with van der Waals surface area (Å²) in [6.07, 6.45) is 0.0790. The van der Waals surface area contributed by atoms with E-state index < -0.39 is 23.2 Å². The molecule has 0 bridgehead atoms. The molecule has 0 unspecified atom stereocenters. The molecule has 2 N–H and O–H groups in total. The molecule has 2 heterocycles. The van der Waals surface area contributed by atoms with Crippen LogP contribution in [0.25, 0.3) is 11.0 Å². The number of H-pyrrole nitrogens is 1. The molecule has 11 heteroatoms. The lowest BCUT2D eigenvalue weighted by molar-refractivity contribution is -0.116. The lowest BCUT2D eigenvalue weighted by Gasteiger charge is -2.06. The second-order valence-corrected chi connectivity index (χ2v) is 7.64. The molecule has 0 aliphatic rings. The van der Waals surface area contributed by atoms with Gasteiger partial charge in [-0.05, 0) is 30.3 Å². The van der Waals surface area contributed by atoms with Crippen molar-refractivity contribution >= 4 is 46.0 Å². The summed E-state index contributed by atoms with van der Waals surface area (Å²) < 4.78 is 32.3. The van der Waals surface area contributed by atoms with E-state index in [9.17, 15) is 13.6 Å². The Balaban J connectivity index is 1.30. The summed E-state index contributed by atoms with van der Waals surface area (Å²) in [5, 5.41) is 7.39. The number of benzene rings is 2. The van der Waals surface area contributed by atoms with Gasteiger partial charge in [0.15, 0.2) is 11.0 Å². The zero-order valence-corrected chi connectivity index (χ0v) is 16.9. The summed E-state index contributed by atoms with van der Waals surface area (Å²) in [5.41, 5.74) is 1.15. The quantitative estimate of drug-likeness (QED) is 0.395. The van der Waals surface area contributed by atoms with Crippen molar-refractivity contribution in [2.75, 3.05) is 5.32 Å². The molecule has 4 aromatic rings. The van der Waals surface area contributed by atoms with Gasteiger partial charge in [-0.15, -0.1) is 0 Å². The number of amides is 1. The molecule has 2 aromatic carbocycles. The number of carbonyl (C=O) groups excluding carboxylic acids is 1. The molecule has 0 fully saturated rings. The maximum absolute atomic E-state index is 13.6. The largest absolute Gasteiger partial charge is 0.339 e. The Labute approximate surface area is 178 Å². The number of fused-ring (bicyclic) bond motifs is 1. The lowest BCUT2D eigenvalue weighted by Crippen LogP contribution is -2.14. The number of para-hydroxylation sites is 1. The number of rotatable bonds is 7. The third-order valence-electron chi connectivity index (χ3n) is 4.06. The van der Waals surface area contributed by atoms with Crippen LogP contribution in [0.15, 0.2) is 46.1 Å². The molecule has 0 atom stereocenters. The summed E-state index contributed by atoms with van der Waals surface area (Å²) in [4.78, 5) is 23.8. The Bertz CT molecular complexity index is 1190. The predicted octanol–water partition coefficient (Wildman–Crippen LogP) is 4.74. The average molecular weight is 450 g/mol. The highest BCUT2D eigenvalue weighted by Crippen LogP contribution is 2.24. The first-order valence-corrected chi connectivity index (χ1v) is 10.2. The fourth-order valence-corrected chi connectivity index (χ4v) is 3.55. The summed E-state index contributed by atoms with van der Waals surface area (Å²) >= 11 is 7.35. The van der Waals surface area contributed by atoms with E-state index in [0.29, 0.717) is 21.8 Å². The van der Waals surface area contributed by atoms with Gasteiger partial charge in [-0.3, -0.25) is 4.79 Å². The molecule has 7 nitrogen and oxygen atoms in total. The van der Waals surface area contributed by atoms with E-state index in [1.54, 1.807) is 12.1 Å². The number of aromatic amines is 1. The zero-order valence-electron chi connectivity index (χ0n) is 15.3. The van der Waals surface area contributed by atoms with E-state index in [-0.39, 0.29) is 18.7 Å². The second kappa shape index (κ2) is 8.80. The van der Waals surface area contributed by atoms with Crippen LogP contribution in [0.4, 0.5) is 14.5 Å². The standard InChI is InChI=1S/C19H14ClF2N5O2S/c20-10-4-5-13-14(8-10)24-19(23-13)30-9-15-25-17(29-27-15)7-6-16(28)26-18-11(21)2-1-3-12(18)22/h1-5,8H,6-7,9H2,(H,23,24)(H,26,28). The van der Waals surface area contributed by atoms with Crippen LogP contribution in [0, 0.1) is 11.6 Å². The van der Waals surface area contributed by atoms with Crippen molar-refractivity contribution in [3.8, 4) is 0 Å². The van der Waals surface area contributed by atoms with Crippen molar-refractivity contribution in [2.45, 2.75) is 23.8 Å². The van der Waals surface area contributed by atoms with Crippen LogP contribution in [-0.2, 0) is 17.0 Å². The molecule has 0 aliphatic carbocycles. The van der Waals surface area contributed by atoms with Crippen LogP contribution in [-0.4, -0.2) is 26.0 Å². The van der Waals surface area contributed by atoms with E-state index in [4.69, 9.17) is 16.1 Å². The number of halogens is 3. The minimum absolute atomic E-state index is 0.0626. The highest BCUT2D eigenvalue weighted by atomic mass is 35.5. The molecule has 0 radical (unpaired) electrons. The van der Waals surface area contributed by atoms with E-state index >= 15 is 0 Å². The topological polar surface area (TPSA) is 96.7 Å². The van der Waals surface area contributed by atoms with Gasteiger partial charge in [0.05, 0.1) is 16.8 Å². The highest BCUT2D eigenvalue weighted by molar-refractivity contribution is 7.98. The van der Waals surface area contributed by atoms with Crippen molar-refractivity contribution in [3.05, 3.63) is 64.8 Å². The number of carbonyl (C=O) groups is 1. The molecular formula is C19H14ClF2N5O2S. The molecule has 0 saturated heterocycles. The van der Waals surface area contributed by atoms with Gasteiger partial charge in [0, 0.05) is 17.9 Å². The Morgan fingerprint density at radius 1 is 1.20 bits per heavy atom. The first kappa shape index (κ1) is 20.3. The fourth-order valence-electron chi connectivity index (χ4n) is 2.65. The number of thioether (sulfide) groups is 1. The van der Waals surface area contributed by atoms with Crippen LogP contribution >= 0.6 is 23.4 Å². The molecule has 1 amide bonds. The van der Waals surface area contributed by atoms with Crippen molar-refractivity contribution in [1.82, 2.24) is 20.1 Å². The van der Waals surface area contributed by atoms with Gasteiger partial charge in [-0.25, -0.2) is 13.8 Å². The van der Waals surface area contributed by atoms with Gasteiger partial charge in [0.1, 0.15) is 17.3 Å². The van der Waals surface area contributed by atoms with E-state index in [0.717, 1.165) is 23.2 Å². The Hall–Kier alpha value is -2.98. The third-order valence-corrected chi connectivity index (χ3v) is 5.17. The monoisotopic (exact) mass is 449 g/mol. The fraction of sp³-hybridized carbons (Fsp3) is 0.158. The lowest BCUT2D eigenvalue weighted by atomic mass is 10.2. The molecule has 2 aromatic heterocycles. The van der Waals surface area contributed by atoms with Crippen LogP contribution < -0.4 is 5.32 Å². The Kier molecular flexibility index (Phi) is 5.96. The van der Waals surface area contributed by atoms with Gasteiger partial charge in [0.25, 0.3) is 0 Å². The number of anilines is 1. The van der Waals surface area contributed by atoms with Gasteiger partial charge >= 0.3 is 0 Å². The normalized spacial score (nSPS) is 11.2. The minimum atomic E-state index is -0.840. The molecular weight excluding hydrogens is 436 g/mol. The van der Waals surface area contributed by atoms with E-state index in [1.807, 2.05) is 6.07 Å². The molecule has 0 spiro atoms. The summed E-state index contributed by atoms with van der Waals surface area (Å²) in [6.45, 7) is 0. The maximum atomic E-state index is 13.6. The summed E-state index contributed by atoms with van der Waals surface area (Å²) in [5.74, 6) is -1.14. The number of aryl methyl sites for hydroxylation is 1. The van der Waals surface area contributed by atoms with Crippen LogP contribution in [0.2, 0.25) is 5.02 Å².